The lowest BCUT2D eigenvalue weighted by Gasteiger charge is -2.52. The molecular weight excluding hydrogens is 278 g/mol. The molecule has 0 spiro atoms. The van der Waals surface area contributed by atoms with Crippen molar-refractivity contribution < 1.29 is 19.3 Å². The summed E-state index contributed by atoms with van der Waals surface area (Å²) in [5.74, 6) is -0.955. The number of hydrogen-bond donors (Lipinski definition) is 2. The molecule has 0 saturated carbocycles. The molecule has 1 fully saturated rings. The highest BCUT2D eigenvalue weighted by atomic mass is 32.2. The summed E-state index contributed by atoms with van der Waals surface area (Å²) in [5.41, 5.74) is 5.56. The number of carboxylic acid groups (broad SMARTS) is 1. The first kappa shape index (κ1) is 13.1. The fraction of sp³-hybridized carbons (Fsp3) is 0.308. The van der Waals surface area contributed by atoms with E-state index in [0.29, 0.717) is 11.4 Å². The second kappa shape index (κ2) is 4.32. The normalized spacial score (nSPS) is 29.0. The quantitative estimate of drug-likeness (QED) is 0.585. The van der Waals surface area contributed by atoms with Crippen LogP contribution >= 0.6 is 11.8 Å². The number of nitrogens with two attached hydrogens (primary N) is 1. The first-order chi connectivity index (χ1) is 9.44. The molecule has 0 aliphatic carbocycles. The van der Waals surface area contributed by atoms with Crippen LogP contribution < -0.4 is 10.3 Å². The third-order valence-electron chi connectivity index (χ3n) is 3.55. The van der Waals surface area contributed by atoms with E-state index in [1.54, 1.807) is 23.9 Å². The second-order valence-corrected chi connectivity index (χ2v) is 6.07. The van der Waals surface area contributed by atoms with Crippen LogP contribution in [0.5, 0.6) is 0 Å². The van der Waals surface area contributed by atoms with Crippen LogP contribution in [-0.4, -0.2) is 38.5 Å². The number of amides is 1. The van der Waals surface area contributed by atoms with E-state index in [4.69, 9.17) is 5.73 Å². The number of carbonyl (C=O) groups is 2. The molecule has 0 radical (unpaired) electrons. The van der Waals surface area contributed by atoms with Gasteiger partial charge in [0.15, 0.2) is 18.1 Å². The predicted molar refractivity (Wildman–Crippen MR) is 73.2 cm³/mol. The fourth-order valence-electron chi connectivity index (χ4n) is 2.51. The summed E-state index contributed by atoms with van der Waals surface area (Å²) < 4.78 is 1.73. The lowest BCUT2D eigenvalue weighted by atomic mass is 9.90. The zero-order valence-corrected chi connectivity index (χ0v) is 11.6. The molecule has 6 nitrogen and oxygen atoms in total. The maximum absolute atomic E-state index is 12.1. The van der Waals surface area contributed by atoms with Gasteiger partial charge in [0.2, 0.25) is 5.70 Å². The Morgan fingerprint density at radius 2 is 2.15 bits per heavy atom. The smallest absolute Gasteiger partial charge is 0.359 e. The molecule has 1 amide bonds. The molecule has 104 valence electrons. The minimum absolute atomic E-state index is 0.0258. The highest BCUT2D eigenvalue weighted by molar-refractivity contribution is 8.00. The molecular formula is C13H14N3O3S+. The van der Waals surface area contributed by atoms with E-state index >= 15 is 0 Å². The van der Waals surface area contributed by atoms with Crippen molar-refractivity contribution in [2.24, 2.45) is 5.73 Å². The van der Waals surface area contributed by atoms with Crippen LogP contribution in [-0.2, 0) is 9.59 Å². The van der Waals surface area contributed by atoms with Gasteiger partial charge in [0, 0.05) is 12.1 Å². The largest absolute Gasteiger partial charge is 0.476 e. The molecule has 0 aromatic carbocycles. The maximum atomic E-state index is 12.1. The molecule has 1 aromatic heterocycles. The van der Waals surface area contributed by atoms with Gasteiger partial charge in [-0.25, -0.2) is 4.79 Å². The van der Waals surface area contributed by atoms with Gasteiger partial charge < -0.3 is 10.8 Å². The number of aromatic nitrogens is 1. The molecule has 2 aliphatic heterocycles. The summed E-state index contributed by atoms with van der Waals surface area (Å²) in [6.07, 6.45) is 3.54. The third-order valence-corrected chi connectivity index (χ3v) is 5.01. The topological polar surface area (TPSA) is 87.5 Å². The van der Waals surface area contributed by atoms with E-state index in [2.05, 4.69) is 0 Å². The average Bonchev–Trinajstić information content (AvgIpc) is 2.46. The summed E-state index contributed by atoms with van der Waals surface area (Å²) in [6, 6.07) is 5.48. The first-order valence-corrected chi connectivity index (χ1v) is 7.16. The fourth-order valence-corrected chi connectivity index (χ4v) is 3.91. The van der Waals surface area contributed by atoms with Crippen molar-refractivity contribution >= 4 is 29.3 Å². The number of nitrogens with zero attached hydrogens (tertiary/aromatic N) is 2. The number of rotatable bonds is 2. The molecule has 7 heteroatoms. The van der Waals surface area contributed by atoms with Crippen molar-refractivity contribution in [3.8, 4) is 0 Å². The minimum atomic E-state index is -1.11. The molecule has 20 heavy (non-hydrogen) atoms. The SMILES string of the molecule is C[C@]1(N)C(=O)N2C(C(=O)O)=C([n+]3ccccc3)CS[C@@H]21. The monoisotopic (exact) mass is 292 g/mol. The van der Waals surface area contributed by atoms with Crippen LogP contribution in [0.25, 0.3) is 5.70 Å². The Morgan fingerprint density at radius 3 is 2.75 bits per heavy atom. The first-order valence-electron chi connectivity index (χ1n) is 6.12. The lowest BCUT2D eigenvalue weighted by molar-refractivity contribution is -0.582. The van der Waals surface area contributed by atoms with Crippen molar-refractivity contribution in [2.45, 2.75) is 17.8 Å². The van der Waals surface area contributed by atoms with Gasteiger partial charge in [0.25, 0.3) is 5.91 Å². The maximum Gasteiger partial charge on any atom is 0.359 e. The van der Waals surface area contributed by atoms with Gasteiger partial charge in [-0.1, -0.05) is 6.07 Å². The Labute approximate surface area is 119 Å². The van der Waals surface area contributed by atoms with Gasteiger partial charge in [0.05, 0.1) is 5.75 Å². The van der Waals surface area contributed by atoms with Crippen molar-refractivity contribution in [3.05, 3.63) is 36.3 Å². The third kappa shape index (κ3) is 1.66. The predicted octanol–water partition coefficient (Wildman–Crippen LogP) is -0.140. The number of thioether (sulfide) groups is 1. The molecule has 0 bridgehead atoms. The average molecular weight is 292 g/mol. The summed E-state index contributed by atoms with van der Waals surface area (Å²) in [6.45, 7) is 1.64. The number of carbonyl (C=O) groups excluding carboxylic acids is 1. The van der Waals surface area contributed by atoms with Crippen LogP contribution in [0.2, 0.25) is 0 Å². The number of pyridine rings is 1. The molecule has 0 unspecified atom stereocenters. The summed E-state index contributed by atoms with van der Waals surface area (Å²) >= 11 is 1.49. The van der Waals surface area contributed by atoms with Crippen LogP contribution in [0.15, 0.2) is 36.3 Å². The molecule has 2 atom stereocenters. The number of aliphatic carboxylic acids is 1. The highest BCUT2D eigenvalue weighted by Crippen LogP contribution is 2.44. The zero-order chi connectivity index (χ0) is 14.5. The molecule has 1 aromatic rings. The number of carboxylic acids is 1. The van der Waals surface area contributed by atoms with Crippen molar-refractivity contribution in [1.29, 1.82) is 0 Å². The number of hydrogen-bond acceptors (Lipinski definition) is 4. The van der Waals surface area contributed by atoms with Gasteiger partial charge >= 0.3 is 5.97 Å². The zero-order valence-electron chi connectivity index (χ0n) is 10.8. The second-order valence-electron chi connectivity index (χ2n) is 5.00. The van der Waals surface area contributed by atoms with E-state index < -0.39 is 11.5 Å². The van der Waals surface area contributed by atoms with Gasteiger partial charge in [-0.3, -0.25) is 9.69 Å². The van der Waals surface area contributed by atoms with Gasteiger partial charge in [-0.05, 0) is 6.92 Å². The van der Waals surface area contributed by atoms with E-state index in [-0.39, 0.29) is 17.0 Å². The van der Waals surface area contributed by atoms with Crippen molar-refractivity contribution in [1.82, 2.24) is 4.90 Å². The number of β-lactam (4-membered cyclic amide) rings is 1. The molecule has 1 saturated heterocycles. The lowest BCUT2D eigenvalue weighted by Crippen LogP contribution is -2.76. The Bertz CT molecular complexity index is 627. The molecule has 3 N–H and O–H groups in total. The van der Waals surface area contributed by atoms with Crippen molar-refractivity contribution in [3.63, 3.8) is 0 Å². The van der Waals surface area contributed by atoms with E-state index in [0.717, 1.165) is 0 Å². The summed E-state index contributed by atoms with van der Waals surface area (Å²) in [4.78, 5) is 25.0. The van der Waals surface area contributed by atoms with Gasteiger partial charge in [0.1, 0.15) is 10.9 Å². The standard InChI is InChI=1S/C13H13N3O3S/c1-13(14)11(19)16-9(10(17)18)8(7-20-12(13)16)15-5-3-2-4-6-15/h2-6,12H,7,14H2,1H3/p+1/t12-,13+/m1/s1. The Hall–Kier alpha value is -1.86. The van der Waals surface area contributed by atoms with Crippen LogP contribution in [0.3, 0.4) is 0 Å². The van der Waals surface area contributed by atoms with Crippen molar-refractivity contribution in [2.75, 3.05) is 5.75 Å². The molecule has 3 heterocycles. The van der Waals surface area contributed by atoms with Gasteiger partial charge in [-0.15, -0.1) is 11.8 Å². The Morgan fingerprint density at radius 1 is 1.50 bits per heavy atom. The van der Waals surface area contributed by atoms with Crippen LogP contribution in [0, 0.1) is 0 Å². The molecule has 3 rings (SSSR count). The summed E-state index contributed by atoms with van der Waals surface area (Å²) in [5, 5.41) is 9.15. The van der Waals surface area contributed by atoms with Crippen LogP contribution in [0.4, 0.5) is 0 Å². The van der Waals surface area contributed by atoms with E-state index in [1.165, 1.54) is 16.7 Å². The van der Waals surface area contributed by atoms with E-state index in [1.807, 2.05) is 18.2 Å². The Balaban J connectivity index is 2.11. The number of fused-ring (bicyclic) bond motifs is 1. The summed E-state index contributed by atoms with van der Waals surface area (Å²) in [7, 11) is 0. The highest BCUT2D eigenvalue weighted by Gasteiger charge is 2.61. The minimum Gasteiger partial charge on any atom is -0.476 e. The van der Waals surface area contributed by atoms with Gasteiger partial charge in [-0.2, -0.15) is 4.57 Å². The van der Waals surface area contributed by atoms with E-state index in [9.17, 15) is 14.7 Å². The Kier molecular flexibility index (Phi) is 2.84. The molecule has 2 aliphatic rings. The van der Waals surface area contributed by atoms with Crippen LogP contribution in [0.1, 0.15) is 6.92 Å².